The van der Waals surface area contributed by atoms with Gasteiger partial charge in [-0.05, 0) is 42.4 Å². The highest BCUT2D eigenvalue weighted by Crippen LogP contribution is 2.60. The van der Waals surface area contributed by atoms with Crippen molar-refractivity contribution >= 4 is 11.9 Å². The summed E-state index contributed by atoms with van der Waals surface area (Å²) in [6.45, 7) is 7.54. The van der Waals surface area contributed by atoms with E-state index in [1.54, 1.807) is 6.07 Å². The van der Waals surface area contributed by atoms with Gasteiger partial charge in [-0.1, -0.05) is 57.5 Å². The van der Waals surface area contributed by atoms with Gasteiger partial charge in [0.2, 0.25) is 0 Å². The second-order valence-corrected chi connectivity index (χ2v) is 10.6. The zero-order valence-electron chi connectivity index (χ0n) is 20.5. The SMILES string of the molecule is CO[C@@](C(=O)OC[C@@H]1[C@@H](OC(C)=O)CCC2C(C)(C)CCC[C@]21C)(c1ccccc1)C(F)(F)F. The number of hydrogen-bond acceptors (Lipinski definition) is 5. The summed E-state index contributed by atoms with van der Waals surface area (Å²) >= 11 is 0. The molecule has 34 heavy (non-hydrogen) atoms. The summed E-state index contributed by atoms with van der Waals surface area (Å²) < 4.78 is 58.7. The van der Waals surface area contributed by atoms with Crippen molar-refractivity contribution in [2.45, 2.75) is 77.7 Å². The van der Waals surface area contributed by atoms with Gasteiger partial charge < -0.3 is 14.2 Å². The van der Waals surface area contributed by atoms with Crippen molar-refractivity contribution < 1.29 is 37.0 Å². The van der Waals surface area contributed by atoms with Gasteiger partial charge in [-0.15, -0.1) is 0 Å². The molecule has 0 aromatic heterocycles. The van der Waals surface area contributed by atoms with Crippen LogP contribution in [-0.2, 0) is 29.4 Å². The van der Waals surface area contributed by atoms with Crippen LogP contribution in [0, 0.1) is 22.7 Å². The predicted molar refractivity (Wildman–Crippen MR) is 120 cm³/mol. The van der Waals surface area contributed by atoms with Gasteiger partial charge in [0, 0.05) is 25.5 Å². The molecule has 0 radical (unpaired) electrons. The summed E-state index contributed by atoms with van der Waals surface area (Å²) in [5.41, 5.74) is -3.91. The molecule has 0 N–H and O–H groups in total. The molecule has 1 aromatic carbocycles. The van der Waals surface area contributed by atoms with E-state index >= 15 is 0 Å². The lowest BCUT2D eigenvalue weighted by Gasteiger charge is -2.58. The summed E-state index contributed by atoms with van der Waals surface area (Å²) in [5, 5.41) is 0. The number of hydrogen-bond donors (Lipinski definition) is 0. The van der Waals surface area contributed by atoms with Crippen LogP contribution < -0.4 is 0 Å². The lowest BCUT2D eigenvalue weighted by molar-refractivity contribution is -0.278. The average molecular weight is 485 g/mol. The molecule has 0 bridgehead atoms. The summed E-state index contributed by atoms with van der Waals surface area (Å²) in [4.78, 5) is 24.9. The molecule has 5 nitrogen and oxygen atoms in total. The monoisotopic (exact) mass is 484 g/mol. The summed E-state index contributed by atoms with van der Waals surface area (Å²) in [5.74, 6) is -2.12. The van der Waals surface area contributed by atoms with Crippen LogP contribution in [0.3, 0.4) is 0 Å². The molecule has 2 fully saturated rings. The minimum Gasteiger partial charge on any atom is -0.463 e. The summed E-state index contributed by atoms with van der Waals surface area (Å²) in [6.07, 6.45) is -1.31. The lowest BCUT2D eigenvalue weighted by Crippen LogP contribution is -2.56. The van der Waals surface area contributed by atoms with Crippen molar-refractivity contribution in [2.24, 2.45) is 22.7 Å². The third kappa shape index (κ3) is 4.58. The number of carbonyl (C=O) groups is 2. The fourth-order valence-electron chi connectivity index (χ4n) is 6.59. The number of fused-ring (bicyclic) bond motifs is 1. The van der Waals surface area contributed by atoms with E-state index in [1.165, 1.54) is 31.2 Å². The maximum atomic E-state index is 14.3. The fraction of sp³-hybridized carbons (Fsp3) is 0.692. The van der Waals surface area contributed by atoms with E-state index in [1.807, 2.05) is 0 Å². The molecular formula is C26H35F3O5. The summed E-state index contributed by atoms with van der Waals surface area (Å²) in [7, 11) is 0.852. The molecule has 0 aliphatic heterocycles. The van der Waals surface area contributed by atoms with Crippen LogP contribution in [0.1, 0.15) is 65.4 Å². The molecule has 190 valence electrons. The Balaban J connectivity index is 1.94. The highest BCUT2D eigenvalue weighted by Gasteiger charge is 2.64. The van der Waals surface area contributed by atoms with Crippen molar-refractivity contribution in [3.8, 4) is 0 Å². The van der Waals surface area contributed by atoms with E-state index in [2.05, 4.69) is 20.8 Å². The number of esters is 2. The van der Waals surface area contributed by atoms with Gasteiger partial charge in [0.25, 0.3) is 5.60 Å². The molecule has 1 unspecified atom stereocenters. The predicted octanol–water partition coefficient (Wildman–Crippen LogP) is 5.81. The van der Waals surface area contributed by atoms with Gasteiger partial charge in [-0.3, -0.25) is 4.79 Å². The Hall–Kier alpha value is -2.09. The molecule has 8 heteroatoms. The Morgan fingerprint density at radius 3 is 2.26 bits per heavy atom. The molecule has 1 aromatic rings. The first-order valence-electron chi connectivity index (χ1n) is 11.8. The topological polar surface area (TPSA) is 61.8 Å². The van der Waals surface area contributed by atoms with Crippen LogP contribution in [0.4, 0.5) is 13.2 Å². The van der Waals surface area contributed by atoms with Crippen LogP contribution in [0.25, 0.3) is 0 Å². The van der Waals surface area contributed by atoms with Gasteiger partial charge >= 0.3 is 18.1 Å². The van der Waals surface area contributed by atoms with Crippen molar-refractivity contribution in [1.82, 2.24) is 0 Å². The third-order valence-electron chi connectivity index (χ3n) is 8.20. The number of alkyl halides is 3. The largest absolute Gasteiger partial charge is 0.463 e. The van der Waals surface area contributed by atoms with Gasteiger partial charge in [0.15, 0.2) is 0 Å². The van der Waals surface area contributed by atoms with Gasteiger partial charge in [0.1, 0.15) is 6.10 Å². The van der Waals surface area contributed by atoms with E-state index in [0.717, 1.165) is 32.8 Å². The van der Waals surface area contributed by atoms with Crippen LogP contribution in [-0.4, -0.2) is 37.9 Å². The first-order chi connectivity index (χ1) is 15.8. The van der Waals surface area contributed by atoms with Crippen LogP contribution in [0.15, 0.2) is 30.3 Å². The smallest absolute Gasteiger partial charge is 0.432 e. The van der Waals surface area contributed by atoms with Crippen LogP contribution >= 0.6 is 0 Å². The number of halogens is 3. The van der Waals surface area contributed by atoms with Crippen LogP contribution in [0.2, 0.25) is 0 Å². The highest BCUT2D eigenvalue weighted by molar-refractivity contribution is 5.82. The average Bonchev–Trinajstić information content (AvgIpc) is 2.72. The first-order valence-corrected chi connectivity index (χ1v) is 11.8. The molecule has 0 saturated heterocycles. The molecule has 2 aliphatic rings. The maximum Gasteiger partial charge on any atom is 0.432 e. The van der Waals surface area contributed by atoms with E-state index in [9.17, 15) is 22.8 Å². The molecule has 5 atom stereocenters. The third-order valence-corrected chi connectivity index (χ3v) is 8.20. The Kier molecular flexibility index (Phi) is 7.42. The molecule has 3 rings (SSSR count). The molecule has 2 saturated carbocycles. The van der Waals surface area contributed by atoms with Gasteiger partial charge in [-0.2, -0.15) is 13.2 Å². The van der Waals surface area contributed by atoms with E-state index in [0.29, 0.717) is 6.42 Å². The van der Waals surface area contributed by atoms with E-state index < -0.39 is 35.7 Å². The van der Waals surface area contributed by atoms with Crippen LogP contribution in [0.5, 0.6) is 0 Å². The highest BCUT2D eigenvalue weighted by atomic mass is 19.4. The molecule has 2 aliphatic carbocycles. The Labute approximate surface area is 199 Å². The quantitative estimate of drug-likeness (QED) is 0.477. The van der Waals surface area contributed by atoms with Crippen molar-refractivity contribution in [3.63, 3.8) is 0 Å². The van der Waals surface area contributed by atoms with E-state index in [4.69, 9.17) is 14.2 Å². The Morgan fingerprint density at radius 1 is 1.06 bits per heavy atom. The Bertz CT molecular complexity index is 884. The number of ether oxygens (including phenoxy) is 3. The normalized spacial score (nSPS) is 30.5. The van der Waals surface area contributed by atoms with Gasteiger partial charge in [0.05, 0.1) is 6.61 Å². The minimum atomic E-state index is -5.04. The number of methoxy groups -OCH3 is 1. The van der Waals surface area contributed by atoms with Crippen molar-refractivity contribution in [1.29, 1.82) is 0 Å². The zero-order chi connectivity index (χ0) is 25.4. The lowest BCUT2D eigenvalue weighted by atomic mass is 9.48. The number of rotatable bonds is 6. The minimum absolute atomic E-state index is 0.0305. The Morgan fingerprint density at radius 2 is 1.71 bits per heavy atom. The molecule has 0 amide bonds. The standard InChI is InChI=1S/C26H35F3O5/c1-17(30)34-20-12-13-21-23(2,3)14-9-15-24(21,4)19(20)16-33-22(31)25(32-5,26(27,28)29)18-10-7-6-8-11-18/h6-8,10-11,19-21H,9,12-16H2,1-5H3/t19-,20+,21?,24+,25-/m1/s1. The molecule has 0 heterocycles. The van der Waals surface area contributed by atoms with Crippen molar-refractivity contribution in [2.75, 3.05) is 13.7 Å². The number of benzene rings is 1. The first kappa shape index (κ1) is 26.5. The van der Waals surface area contributed by atoms with Crippen molar-refractivity contribution in [3.05, 3.63) is 35.9 Å². The van der Waals surface area contributed by atoms with E-state index in [-0.39, 0.29) is 28.9 Å². The summed E-state index contributed by atoms with van der Waals surface area (Å²) in [6, 6.07) is 6.78. The molecule has 0 spiro atoms. The second-order valence-electron chi connectivity index (χ2n) is 10.6. The fourth-order valence-corrected chi connectivity index (χ4v) is 6.59. The molecular weight excluding hydrogens is 449 g/mol. The number of carbonyl (C=O) groups excluding carboxylic acids is 2. The zero-order valence-corrected chi connectivity index (χ0v) is 20.5. The second kappa shape index (κ2) is 9.51. The van der Waals surface area contributed by atoms with Gasteiger partial charge in [-0.25, -0.2) is 4.79 Å². The maximum absolute atomic E-state index is 14.3.